The molecule has 0 aromatic heterocycles. The van der Waals surface area contributed by atoms with Crippen LogP contribution in [0.5, 0.6) is 0 Å². The van der Waals surface area contributed by atoms with E-state index in [0.717, 1.165) is 32.6 Å². The molecule has 2 unspecified atom stereocenters. The number of carbonyl (C=O) groups excluding carboxylic acids is 1. The molecule has 0 bridgehead atoms. The van der Waals surface area contributed by atoms with Crippen LogP contribution >= 0.6 is 0 Å². The van der Waals surface area contributed by atoms with Gasteiger partial charge >= 0.3 is 0 Å². The highest BCUT2D eigenvalue weighted by Crippen LogP contribution is 2.12. The van der Waals surface area contributed by atoms with Gasteiger partial charge in [-0.2, -0.15) is 0 Å². The van der Waals surface area contributed by atoms with Crippen molar-refractivity contribution >= 4 is 5.91 Å². The first-order chi connectivity index (χ1) is 8.10. The van der Waals surface area contributed by atoms with Crippen molar-refractivity contribution in [1.29, 1.82) is 0 Å². The molecule has 2 atom stereocenters. The highest BCUT2D eigenvalue weighted by molar-refractivity contribution is 5.78. The van der Waals surface area contributed by atoms with Crippen LogP contribution in [0.25, 0.3) is 0 Å². The number of hydrogen-bond donors (Lipinski definition) is 1. The second-order valence-corrected chi connectivity index (χ2v) is 5.10. The Morgan fingerprint density at radius 3 is 2.29 bits per heavy atom. The normalized spacial score (nSPS) is 21.3. The maximum Gasteiger partial charge on any atom is 0.225 e. The van der Waals surface area contributed by atoms with E-state index in [2.05, 4.69) is 18.7 Å². The number of hydrogen-bond acceptors (Lipinski definition) is 3. The first-order valence-electron chi connectivity index (χ1n) is 6.83. The molecule has 0 radical (unpaired) electrons. The Labute approximate surface area is 105 Å². The average Bonchev–Trinajstić information content (AvgIpc) is 2.37. The molecule has 1 saturated heterocycles. The summed E-state index contributed by atoms with van der Waals surface area (Å²) in [6.07, 6.45) is 1.97. The largest absolute Gasteiger partial charge is 0.340 e. The monoisotopic (exact) mass is 241 g/mol. The van der Waals surface area contributed by atoms with Crippen LogP contribution in [0, 0.1) is 5.92 Å². The lowest BCUT2D eigenvalue weighted by Gasteiger charge is -2.38. The van der Waals surface area contributed by atoms with Crippen molar-refractivity contribution in [2.24, 2.45) is 11.7 Å². The fourth-order valence-electron chi connectivity index (χ4n) is 2.33. The van der Waals surface area contributed by atoms with Crippen LogP contribution in [0.4, 0.5) is 0 Å². The maximum atomic E-state index is 12.1. The van der Waals surface area contributed by atoms with Crippen LogP contribution in [-0.4, -0.2) is 54.5 Å². The van der Waals surface area contributed by atoms with Crippen LogP contribution in [-0.2, 0) is 4.79 Å². The fourth-order valence-corrected chi connectivity index (χ4v) is 2.33. The summed E-state index contributed by atoms with van der Waals surface area (Å²) in [6.45, 7) is 10.8. The first kappa shape index (κ1) is 14.5. The topological polar surface area (TPSA) is 49.6 Å². The van der Waals surface area contributed by atoms with Crippen molar-refractivity contribution in [1.82, 2.24) is 9.80 Å². The highest BCUT2D eigenvalue weighted by Gasteiger charge is 2.25. The van der Waals surface area contributed by atoms with E-state index < -0.39 is 0 Å². The Kier molecular flexibility index (Phi) is 5.92. The Balaban J connectivity index is 2.38. The smallest absolute Gasteiger partial charge is 0.225 e. The second-order valence-electron chi connectivity index (χ2n) is 5.10. The molecule has 0 aromatic carbocycles. The molecule has 4 heteroatoms. The van der Waals surface area contributed by atoms with E-state index in [1.165, 1.54) is 6.42 Å². The average molecular weight is 241 g/mol. The minimum Gasteiger partial charge on any atom is -0.340 e. The van der Waals surface area contributed by atoms with Gasteiger partial charge in [0.1, 0.15) is 0 Å². The van der Waals surface area contributed by atoms with E-state index in [1.54, 1.807) is 0 Å². The fraction of sp³-hybridized carbons (Fsp3) is 0.923. The maximum absolute atomic E-state index is 12.1. The lowest BCUT2D eigenvalue weighted by molar-refractivity contribution is -0.137. The number of amides is 1. The molecular weight excluding hydrogens is 214 g/mol. The van der Waals surface area contributed by atoms with E-state index in [4.69, 9.17) is 5.73 Å². The molecular formula is C13H27N3O. The molecule has 17 heavy (non-hydrogen) atoms. The Hall–Kier alpha value is -0.610. The summed E-state index contributed by atoms with van der Waals surface area (Å²) in [4.78, 5) is 16.6. The van der Waals surface area contributed by atoms with Crippen molar-refractivity contribution in [3.63, 3.8) is 0 Å². The standard InChI is InChI=1S/C13H27N3O/c1-4-12(3)15-7-9-16(10-8-15)13(17)11(2)5-6-14/h11-12H,4-10,14H2,1-3H3. The Bertz CT molecular complexity index is 237. The number of nitrogens with zero attached hydrogens (tertiary/aromatic N) is 2. The minimum absolute atomic E-state index is 0.0788. The van der Waals surface area contributed by atoms with E-state index in [1.807, 2.05) is 11.8 Å². The predicted molar refractivity (Wildman–Crippen MR) is 70.7 cm³/mol. The van der Waals surface area contributed by atoms with Gasteiger partial charge in [0, 0.05) is 38.1 Å². The van der Waals surface area contributed by atoms with Gasteiger partial charge in [-0.3, -0.25) is 9.69 Å². The van der Waals surface area contributed by atoms with E-state index in [9.17, 15) is 4.79 Å². The molecule has 0 spiro atoms. The van der Waals surface area contributed by atoms with Gasteiger partial charge in [0.15, 0.2) is 0 Å². The molecule has 100 valence electrons. The number of carbonyl (C=O) groups is 1. The third kappa shape index (κ3) is 3.96. The van der Waals surface area contributed by atoms with E-state index >= 15 is 0 Å². The summed E-state index contributed by atoms with van der Waals surface area (Å²) in [5.74, 6) is 0.356. The predicted octanol–water partition coefficient (Wildman–Crippen LogP) is 0.914. The van der Waals surface area contributed by atoms with Gasteiger partial charge in [-0.1, -0.05) is 13.8 Å². The van der Waals surface area contributed by atoms with Gasteiger partial charge in [0.05, 0.1) is 0 Å². The molecule has 1 fully saturated rings. The van der Waals surface area contributed by atoms with Gasteiger partial charge in [-0.15, -0.1) is 0 Å². The lowest BCUT2D eigenvalue weighted by atomic mass is 10.1. The molecule has 1 amide bonds. The van der Waals surface area contributed by atoms with Crippen molar-refractivity contribution in [3.05, 3.63) is 0 Å². The van der Waals surface area contributed by atoms with Gasteiger partial charge < -0.3 is 10.6 Å². The van der Waals surface area contributed by atoms with Crippen LogP contribution in [0.15, 0.2) is 0 Å². The van der Waals surface area contributed by atoms with Crippen LogP contribution in [0.2, 0.25) is 0 Å². The zero-order valence-electron chi connectivity index (χ0n) is 11.5. The Morgan fingerprint density at radius 2 is 1.82 bits per heavy atom. The van der Waals surface area contributed by atoms with Crippen LogP contribution in [0.3, 0.4) is 0 Å². The minimum atomic E-state index is 0.0788. The summed E-state index contributed by atoms with van der Waals surface area (Å²) in [6, 6.07) is 0.633. The SMILES string of the molecule is CCC(C)N1CCN(C(=O)C(C)CCN)CC1. The van der Waals surface area contributed by atoms with Crippen LogP contribution < -0.4 is 5.73 Å². The summed E-state index contributed by atoms with van der Waals surface area (Å²) in [5, 5.41) is 0. The number of nitrogens with two attached hydrogens (primary N) is 1. The van der Waals surface area contributed by atoms with Crippen molar-refractivity contribution in [2.75, 3.05) is 32.7 Å². The van der Waals surface area contributed by atoms with Crippen molar-refractivity contribution in [3.8, 4) is 0 Å². The van der Waals surface area contributed by atoms with Gasteiger partial charge in [0.25, 0.3) is 0 Å². The van der Waals surface area contributed by atoms with Gasteiger partial charge in [0.2, 0.25) is 5.91 Å². The number of rotatable bonds is 5. The number of piperazine rings is 1. The zero-order chi connectivity index (χ0) is 12.8. The highest BCUT2D eigenvalue weighted by atomic mass is 16.2. The summed E-state index contributed by atoms with van der Waals surface area (Å²) in [5.41, 5.74) is 5.50. The van der Waals surface area contributed by atoms with Crippen molar-refractivity contribution in [2.45, 2.75) is 39.7 Å². The summed E-state index contributed by atoms with van der Waals surface area (Å²) >= 11 is 0. The molecule has 1 aliphatic heterocycles. The molecule has 2 N–H and O–H groups in total. The first-order valence-corrected chi connectivity index (χ1v) is 6.83. The second kappa shape index (κ2) is 6.97. The summed E-state index contributed by atoms with van der Waals surface area (Å²) < 4.78 is 0. The van der Waals surface area contributed by atoms with Crippen LogP contribution in [0.1, 0.15) is 33.6 Å². The van der Waals surface area contributed by atoms with Gasteiger partial charge in [-0.25, -0.2) is 0 Å². The Morgan fingerprint density at radius 1 is 1.24 bits per heavy atom. The molecule has 4 nitrogen and oxygen atoms in total. The van der Waals surface area contributed by atoms with Gasteiger partial charge in [-0.05, 0) is 26.3 Å². The molecule has 0 saturated carbocycles. The molecule has 1 rings (SSSR count). The van der Waals surface area contributed by atoms with Crippen molar-refractivity contribution < 1.29 is 4.79 Å². The lowest BCUT2D eigenvalue weighted by Crippen LogP contribution is -2.52. The molecule has 1 aliphatic rings. The molecule has 0 aliphatic carbocycles. The summed E-state index contributed by atoms with van der Waals surface area (Å²) in [7, 11) is 0. The third-order valence-corrected chi connectivity index (χ3v) is 3.86. The third-order valence-electron chi connectivity index (χ3n) is 3.86. The quantitative estimate of drug-likeness (QED) is 0.778. The molecule has 1 heterocycles. The van der Waals surface area contributed by atoms with E-state index in [-0.39, 0.29) is 11.8 Å². The zero-order valence-corrected chi connectivity index (χ0v) is 11.5. The molecule has 0 aromatic rings. The van der Waals surface area contributed by atoms with E-state index in [0.29, 0.717) is 12.6 Å².